The van der Waals surface area contributed by atoms with E-state index in [1.165, 1.54) is 12.0 Å². The van der Waals surface area contributed by atoms with Crippen molar-refractivity contribution in [2.75, 3.05) is 18.0 Å². The second-order valence-corrected chi connectivity index (χ2v) is 6.17. The molecule has 1 saturated heterocycles. The molecule has 1 N–H and O–H groups in total. The smallest absolute Gasteiger partial charge is 0.146 e. The van der Waals surface area contributed by atoms with E-state index in [0.29, 0.717) is 12.0 Å². The molecule has 2 rings (SSSR count). The number of nitrogens with one attached hydrogen (secondary N) is 1. The zero-order chi connectivity index (χ0) is 14.5. The van der Waals surface area contributed by atoms with Gasteiger partial charge < -0.3 is 10.2 Å². The summed E-state index contributed by atoms with van der Waals surface area (Å²) in [6, 6.07) is 6.02. The zero-order valence-electron chi connectivity index (χ0n) is 13.0. The van der Waals surface area contributed by atoms with Crippen molar-refractivity contribution >= 4 is 5.69 Å². The van der Waals surface area contributed by atoms with Gasteiger partial charge in [-0.25, -0.2) is 4.39 Å². The molecule has 0 radical (unpaired) electrons. The fourth-order valence-electron chi connectivity index (χ4n) is 2.76. The van der Waals surface area contributed by atoms with Gasteiger partial charge in [-0.1, -0.05) is 19.9 Å². The monoisotopic (exact) mass is 278 g/mol. The van der Waals surface area contributed by atoms with E-state index < -0.39 is 0 Å². The SMILES string of the molecule is CCC(C)NCc1ccc(F)c(N2CCCC(C)C2)c1. The molecule has 1 aromatic carbocycles. The summed E-state index contributed by atoms with van der Waals surface area (Å²) in [7, 11) is 0. The van der Waals surface area contributed by atoms with E-state index >= 15 is 0 Å². The number of anilines is 1. The Hall–Kier alpha value is -1.09. The lowest BCUT2D eigenvalue weighted by Crippen LogP contribution is -2.35. The molecule has 1 fully saturated rings. The fourth-order valence-corrected chi connectivity index (χ4v) is 2.76. The summed E-state index contributed by atoms with van der Waals surface area (Å²) in [6.45, 7) is 9.35. The quantitative estimate of drug-likeness (QED) is 0.877. The van der Waals surface area contributed by atoms with Gasteiger partial charge in [-0.3, -0.25) is 0 Å². The molecule has 1 aliphatic rings. The Morgan fingerprint density at radius 2 is 2.25 bits per heavy atom. The van der Waals surface area contributed by atoms with Crippen molar-refractivity contribution in [1.82, 2.24) is 5.32 Å². The van der Waals surface area contributed by atoms with E-state index in [1.807, 2.05) is 12.1 Å². The van der Waals surface area contributed by atoms with Gasteiger partial charge in [-0.2, -0.15) is 0 Å². The third-order valence-corrected chi connectivity index (χ3v) is 4.28. The topological polar surface area (TPSA) is 15.3 Å². The Morgan fingerprint density at radius 1 is 1.45 bits per heavy atom. The summed E-state index contributed by atoms with van der Waals surface area (Å²) < 4.78 is 14.1. The highest BCUT2D eigenvalue weighted by atomic mass is 19.1. The molecule has 1 aromatic rings. The maximum absolute atomic E-state index is 14.1. The molecule has 0 amide bonds. The van der Waals surface area contributed by atoms with E-state index in [0.717, 1.165) is 38.2 Å². The first-order chi connectivity index (χ1) is 9.60. The first-order valence-electron chi connectivity index (χ1n) is 7.87. The second kappa shape index (κ2) is 7.07. The van der Waals surface area contributed by atoms with Crippen LogP contribution in [0, 0.1) is 11.7 Å². The predicted molar refractivity (Wildman–Crippen MR) is 83.6 cm³/mol. The minimum atomic E-state index is -0.0913. The van der Waals surface area contributed by atoms with Crippen molar-refractivity contribution in [2.24, 2.45) is 5.92 Å². The number of hydrogen-bond donors (Lipinski definition) is 1. The molecule has 20 heavy (non-hydrogen) atoms. The van der Waals surface area contributed by atoms with Crippen LogP contribution in [0.1, 0.15) is 45.6 Å². The van der Waals surface area contributed by atoms with Crippen molar-refractivity contribution in [3.8, 4) is 0 Å². The first-order valence-corrected chi connectivity index (χ1v) is 7.87. The summed E-state index contributed by atoms with van der Waals surface area (Å²) in [5.74, 6) is 0.566. The lowest BCUT2D eigenvalue weighted by molar-refractivity contribution is 0.442. The van der Waals surface area contributed by atoms with Crippen LogP contribution in [-0.4, -0.2) is 19.1 Å². The van der Waals surface area contributed by atoms with Crippen molar-refractivity contribution in [1.29, 1.82) is 0 Å². The van der Waals surface area contributed by atoms with Gasteiger partial charge in [0.05, 0.1) is 5.69 Å². The molecule has 2 unspecified atom stereocenters. The standard InChI is InChI=1S/C17H27FN2/c1-4-14(3)19-11-15-7-8-16(18)17(10-15)20-9-5-6-13(2)12-20/h7-8,10,13-14,19H,4-6,9,11-12H2,1-3H3. The summed E-state index contributed by atoms with van der Waals surface area (Å²) in [6.07, 6.45) is 3.53. The third-order valence-electron chi connectivity index (χ3n) is 4.28. The van der Waals surface area contributed by atoms with E-state index in [-0.39, 0.29) is 5.82 Å². The van der Waals surface area contributed by atoms with Crippen LogP contribution < -0.4 is 10.2 Å². The Morgan fingerprint density at radius 3 is 2.95 bits per heavy atom. The molecule has 0 spiro atoms. The van der Waals surface area contributed by atoms with Crippen molar-refractivity contribution < 1.29 is 4.39 Å². The highest BCUT2D eigenvalue weighted by molar-refractivity contribution is 5.50. The highest BCUT2D eigenvalue weighted by Gasteiger charge is 2.19. The van der Waals surface area contributed by atoms with Crippen LogP contribution in [0.25, 0.3) is 0 Å². The van der Waals surface area contributed by atoms with Crippen LogP contribution in [0.5, 0.6) is 0 Å². The van der Waals surface area contributed by atoms with Gasteiger partial charge in [-0.05, 0) is 49.8 Å². The summed E-state index contributed by atoms with van der Waals surface area (Å²) >= 11 is 0. The predicted octanol–water partition coefficient (Wildman–Crippen LogP) is 3.95. The largest absolute Gasteiger partial charge is 0.369 e. The lowest BCUT2D eigenvalue weighted by Gasteiger charge is -2.33. The Balaban J connectivity index is 2.08. The van der Waals surface area contributed by atoms with Gasteiger partial charge in [-0.15, -0.1) is 0 Å². The van der Waals surface area contributed by atoms with Gasteiger partial charge in [0, 0.05) is 25.7 Å². The van der Waals surface area contributed by atoms with Crippen LogP contribution >= 0.6 is 0 Å². The maximum atomic E-state index is 14.1. The number of hydrogen-bond acceptors (Lipinski definition) is 2. The Labute approximate surface area is 122 Å². The molecular weight excluding hydrogens is 251 g/mol. The van der Waals surface area contributed by atoms with Crippen LogP contribution in [0.4, 0.5) is 10.1 Å². The van der Waals surface area contributed by atoms with Gasteiger partial charge in [0.25, 0.3) is 0 Å². The molecule has 3 heteroatoms. The second-order valence-electron chi connectivity index (χ2n) is 6.17. The molecule has 1 heterocycles. The maximum Gasteiger partial charge on any atom is 0.146 e. The summed E-state index contributed by atoms with van der Waals surface area (Å²) in [5, 5.41) is 3.47. The molecule has 2 nitrogen and oxygen atoms in total. The number of benzene rings is 1. The van der Waals surface area contributed by atoms with Crippen LogP contribution in [0.3, 0.4) is 0 Å². The van der Waals surface area contributed by atoms with Gasteiger partial charge >= 0.3 is 0 Å². The van der Waals surface area contributed by atoms with Gasteiger partial charge in [0.2, 0.25) is 0 Å². The van der Waals surface area contributed by atoms with Crippen LogP contribution in [0.2, 0.25) is 0 Å². The Kier molecular flexibility index (Phi) is 5.41. The zero-order valence-corrected chi connectivity index (χ0v) is 13.0. The van der Waals surface area contributed by atoms with E-state index in [4.69, 9.17) is 0 Å². The molecule has 0 bridgehead atoms. The molecule has 1 aliphatic heterocycles. The molecule has 2 atom stereocenters. The number of nitrogens with zero attached hydrogens (tertiary/aromatic N) is 1. The van der Waals surface area contributed by atoms with Crippen LogP contribution in [0.15, 0.2) is 18.2 Å². The van der Waals surface area contributed by atoms with Crippen molar-refractivity contribution in [3.63, 3.8) is 0 Å². The molecule has 0 aliphatic carbocycles. The van der Waals surface area contributed by atoms with Gasteiger partial charge in [0.1, 0.15) is 5.82 Å². The fraction of sp³-hybridized carbons (Fsp3) is 0.647. The van der Waals surface area contributed by atoms with E-state index in [2.05, 4.69) is 31.0 Å². The summed E-state index contributed by atoms with van der Waals surface area (Å²) in [5.41, 5.74) is 1.94. The minimum absolute atomic E-state index is 0.0913. The first kappa shape index (κ1) is 15.3. The normalized spacial score (nSPS) is 21.0. The molecule has 112 valence electrons. The number of halogens is 1. The average Bonchev–Trinajstić information content (AvgIpc) is 2.46. The molecular formula is C17H27FN2. The average molecular weight is 278 g/mol. The summed E-state index contributed by atoms with van der Waals surface area (Å²) in [4.78, 5) is 2.20. The third kappa shape index (κ3) is 3.95. The van der Waals surface area contributed by atoms with Crippen LogP contribution in [-0.2, 0) is 6.54 Å². The van der Waals surface area contributed by atoms with Crippen molar-refractivity contribution in [2.45, 2.75) is 52.6 Å². The van der Waals surface area contributed by atoms with E-state index in [1.54, 1.807) is 6.07 Å². The minimum Gasteiger partial charge on any atom is -0.369 e. The molecule has 0 saturated carbocycles. The number of piperidine rings is 1. The Bertz CT molecular complexity index is 433. The molecule has 0 aromatic heterocycles. The van der Waals surface area contributed by atoms with Gasteiger partial charge in [0.15, 0.2) is 0 Å². The number of rotatable bonds is 5. The van der Waals surface area contributed by atoms with E-state index in [9.17, 15) is 4.39 Å². The lowest BCUT2D eigenvalue weighted by atomic mass is 9.99. The van der Waals surface area contributed by atoms with Crippen molar-refractivity contribution in [3.05, 3.63) is 29.6 Å². The highest BCUT2D eigenvalue weighted by Crippen LogP contribution is 2.26.